The Bertz CT molecular complexity index is 625. The van der Waals surface area contributed by atoms with Crippen LogP contribution in [0.25, 0.3) is 0 Å². The quantitative estimate of drug-likeness (QED) is 0.681. The van der Waals surface area contributed by atoms with E-state index in [1.807, 2.05) is 0 Å². The summed E-state index contributed by atoms with van der Waals surface area (Å²) in [5.41, 5.74) is -0.0409. The van der Waals surface area contributed by atoms with Crippen molar-refractivity contribution in [1.29, 1.82) is 0 Å². The van der Waals surface area contributed by atoms with Crippen molar-refractivity contribution in [3.63, 3.8) is 0 Å². The number of Topliss-reactive ketones (excluding diaryl/α,β-unsaturated/α-hetero) is 2. The maximum Gasteiger partial charge on any atom is 0.309 e. The summed E-state index contributed by atoms with van der Waals surface area (Å²) in [6, 6.07) is 0. The third-order valence-corrected chi connectivity index (χ3v) is 8.73. The Morgan fingerprint density at radius 2 is 1.80 bits per heavy atom. The van der Waals surface area contributed by atoms with E-state index in [0.29, 0.717) is 36.4 Å². The molecule has 4 aliphatic rings. The molecule has 0 unspecified atom stereocenters. The van der Waals surface area contributed by atoms with Gasteiger partial charge in [0.25, 0.3) is 0 Å². The van der Waals surface area contributed by atoms with E-state index in [1.165, 1.54) is 7.11 Å². The summed E-state index contributed by atoms with van der Waals surface area (Å²) in [5.74, 6) is 1.63. The molecule has 138 valence electrons. The number of rotatable bonds is 1. The molecule has 25 heavy (non-hydrogen) atoms. The lowest BCUT2D eigenvalue weighted by Gasteiger charge is -2.59. The highest BCUT2D eigenvalue weighted by atomic mass is 16.5. The molecule has 4 nitrogen and oxygen atoms in total. The molecule has 7 atom stereocenters. The van der Waals surface area contributed by atoms with Gasteiger partial charge < -0.3 is 4.74 Å². The zero-order valence-electron chi connectivity index (χ0n) is 15.7. The zero-order valence-corrected chi connectivity index (χ0v) is 15.7. The molecule has 0 radical (unpaired) electrons. The summed E-state index contributed by atoms with van der Waals surface area (Å²) >= 11 is 0. The van der Waals surface area contributed by atoms with Crippen LogP contribution in [-0.4, -0.2) is 24.6 Å². The Hall–Kier alpha value is -1.19. The molecule has 4 aliphatic carbocycles. The predicted octanol–water partition coefficient (Wildman–Crippen LogP) is 3.57. The van der Waals surface area contributed by atoms with E-state index in [0.717, 1.165) is 38.5 Å². The van der Waals surface area contributed by atoms with Gasteiger partial charge in [-0.25, -0.2) is 0 Å². The van der Waals surface area contributed by atoms with E-state index >= 15 is 0 Å². The largest absolute Gasteiger partial charge is 0.469 e. The summed E-state index contributed by atoms with van der Waals surface area (Å²) in [7, 11) is 1.43. The molecule has 0 aromatic heterocycles. The fraction of sp³-hybridized carbons (Fsp3) is 0.857. The van der Waals surface area contributed by atoms with Crippen molar-refractivity contribution in [3.8, 4) is 0 Å². The molecule has 4 heteroatoms. The van der Waals surface area contributed by atoms with Gasteiger partial charge in [-0.15, -0.1) is 0 Å². The van der Waals surface area contributed by atoms with Crippen molar-refractivity contribution < 1.29 is 19.1 Å². The average molecular weight is 346 g/mol. The summed E-state index contributed by atoms with van der Waals surface area (Å²) in [4.78, 5) is 37.2. The third kappa shape index (κ3) is 2.28. The van der Waals surface area contributed by atoms with Crippen LogP contribution in [0.4, 0.5) is 0 Å². The number of esters is 1. The zero-order chi connectivity index (χ0) is 18.0. The number of ether oxygens (including phenoxy) is 1. The number of carbonyl (C=O) groups excluding carboxylic acids is 3. The minimum absolute atomic E-state index is 0.00533. The van der Waals surface area contributed by atoms with Crippen LogP contribution in [0.5, 0.6) is 0 Å². The number of hydrogen-bond donors (Lipinski definition) is 0. The molecule has 0 amide bonds. The molecule has 0 aromatic rings. The monoisotopic (exact) mass is 346 g/mol. The van der Waals surface area contributed by atoms with E-state index in [1.54, 1.807) is 0 Å². The Labute approximate surface area is 150 Å². The van der Waals surface area contributed by atoms with Crippen LogP contribution in [0.15, 0.2) is 0 Å². The molecule has 4 saturated carbocycles. The standard InChI is InChI=1S/C21H30O4/c1-20-8-6-13(22)10-12(20)4-5-14-15(20)7-9-21(2)16(19(24)25-3)11-17(23)18(14)21/h12,14-16,18H,4-11H2,1-3H3/t12-,14-,15+,16-,18-,20-,21-/m0/s1. The molecule has 0 bridgehead atoms. The number of fused-ring (bicyclic) bond motifs is 5. The molecule has 0 heterocycles. The molecule has 4 fully saturated rings. The first kappa shape index (κ1) is 17.2. The van der Waals surface area contributed by atoms with E-state index in [4.69, 9.17) is 4.74 Å². The Balaban J connectivity index is 1.66. The van der Waals surface area contributed by atoms with E-state index < -0.39 is 0 Å². The van der Waals surface area contributed by atoms with E-state index in [-0.39, 0.29) is 34.4 Å². The van der Waals surface area contributed by atoms with Gasteiger partial charge in [-0.05, 0) is 60.7 Å². The second-order valence-electron chi connectivity index (χ2n) is 9.56. The molecule has 0 aromatic carbocycles. The van der Waals surface area contributed by atoms with Crippen LogP contribution in [0.2, 0.25) is 0 Å². The SMILES string of the molecule is COC(=O)[C@@H]1CC(=O)[C@@H]2[C@H]3CC[C@H]4CC(=O)CC[C@]4(C)[C@@H]3CC[C@]21C. The van der Waals surface area contributed by atoms with Gasteiger partial charge in [-0.3, -0.25) is 14.4 Å². The maximum absolute atomic E-state index is 13.0. The third-order valence-electron chi connectivity index (χ3n) is 8.73. The van der Waals surface area contributed by atoms with Crippen LogP contribution in [-0.2, 0) is 19.1 Å². The predicted molar refractivity (Wildman–Crippen MR) is 92.6 cm³/mol. The first-order valence-corrected chi connectivity index (χ1v) is 9.93. The molecular weight excluding hydrogens is 316 g/mol. The van der Waals surface area contributed by atoms with E-state index in [2.05, 4.69) is 13.8 Å². The number of ketones is 2. The number of carbonyl (C=O) groups is 3. The van der Waals surface area contributed by atoms with Crippen molar-refractivity contribution in [2.75, 3.05) is 7.11 Å². The van der Waals surface area contributed by atoms with Crippen molar-refractivity contribution in [1.82, 2.24) is 0 Å². The molecule has 0 aliphatic heterocycles. The van der Waals surface area contributed by atoms with Crippen LogP contribution >= 0.6 is 0 Å². The van der Waals surface area contributed by atoms with Gasteiger partial charge in [0.05, 0.1) is 13.0 Å². The van der Waals surface area contributed by atoms with Gasteiger partial charge in [0.1, 0.15) is 11.6 Å². The summed E-state index contributed by atoms with van der Waals surface area (Å²) in [6.45, 7) is 4.53. The van der Waals surface area contributed by atoms with Crippen molar-refractivity contribution in [2.24, 2.45) is 40.4 Å². The average Bonchev–Trinajstić information content (AvgIpc) is 2.86. The highest BCUT2D eigenvalue weighted by molar-refractivity contribution is 5.92. The summed E-state index contributed by atoms with van der Waals surface area (Å²) in [5, 5.41) is 0. The molecule has 0 saturated heterocycles. The second-order valence-corrected chi connectivity index (χ2v) is 9.56. The minimum Gasteiger partial charge on any atom is -0.469 e. The maximum atomic E-state index is 13.0. The van der Waals surface area contributed by atoms with Gasteiger partial charge in [-0.2, -0.15) is 0 Å². The second kappa shape index (κ2) is 5.65. The minimum atomic E-state index is -0.269. The highest BCUT2D eigenvalue weighted by Crippen LogP contribution is 2.66. The first-order valence-electron chi connectivity index (χ1n) is 9.93. The molecule has 4 rings (SSSR count). The lowest BCUT2D eigenvalue weighted by Crippen LogP contribution is -2.54. The lowest BCUT2D eigenvalue weighted by molar-refractivity contribution is -0.158. The van der Waals surface area contributed by atoms with Crippen LogP contribution < -0.4 is 0 Å². The number of methoxy groups -OCH3 is 1. The van der Waals surface area contributed by atoms with Gasteiger partial charge in [0.15, 0.2) is 0 Å². The van der Waals surface area contributed by atoms with Gasteiger partial charge in [-0.1, -0.05) is 13.8 Å². The first-order chi connectivity index (χ1) is 11.8. The Kier molecular flexibility index (Phi) is 3.90. The smallest absolute Gasteiger partial charge is 0.309 e. The fourth-order valence-corrected chi connectivity index (χ4v) is 7.33. The van der Waals surface area contributed by atoms with Gasteiger partial charge >= 0.3 is 5.97 Å². The summed E-state index contributed by atoms with van der Waals surface area (Å²) < 4.78 is 5.02. The molecular formula is C21H30O4. The van der Waals surface area contributed by atoms with Crippen molar-refractivity contribution in [2.45, 2.75) is 65.2 Å². The van der Waals surface area contributed by atoms with Crippen LogP contribution in [0.1, 0.15) is 65.2 Å². The van der Waals surface area contributed by atoms with Crippen LogP contribution in [0, 0.1) is 40.4 Å². The van der Waals surface area contributed by atoms with Gasteiger partial charge in [0.2, 0.25) is 0 Å². The Morgan fingerprint density at radius 1 is 1.04 bits per heavy atom. The molecule has 0 spiro atoms. The normalized spacial score (nSPS) is 49.2. The van der Waals surface area contributed by atoms with Crippen molar-refractivity contribution >= 4 is 17.5 Å². The topological polar surface area (TPSA) is 60.4 Å². The van der Waals surface area contributed by atoms with Gasteiger partial charge in [0, 0.05) is 25.2 Å². The lowest BCUT2D eigenvalue weighted by atomic mass is 9.44. The van der Waals surface area contributed by atoms with Crippen molar-refractivity contribution in [3.05, 3.63) is 0 Å². The summed E-state index contributed by atoms with van der Waals surface area (Å²) in [6.07, 6.45) is 6.90. The van der Waals surface area contributed by atoms with E-state index in [9.17, 15) is 14.4 Å². The van der Waals surface area contributed by atoms with Crippen LogP contribution in [0.3, 0.4) is 0 Å². The molecule has 0 N–H and O–H groups in total. The number of hydrogen-bond acceptors (Lipinski definition) is 4. The Morgan fingerprint density at radius 3 is 2.52 bits per heavy atom. The fourth-order valence-electron chi connectivity index (χ4n) is 7.33. The highest BCUT2D eigenvalue weighted by Gasteiger charge is 2.64.